The van der Waals surface area contributed by atoms with Gasteiger partial charge in [-0.1, -0.05) is 19.3 Å². The van der Waals surface area contributed by atoms with Gasteiger partial charge in [0.25, 0.3) is 5.91 Å². The molecule has 1 aromatic heterocycles. The first kappa shape index (κ1) is 18.7. The van der Waals surface area contributed by atoms with Gasteiger partial charge >= 0.3 is 7.60 Å². The molecule has 1 fully saturated rings. The first-order chi connectivity index (χ1) is 11.1. The van der Waals surface area contributed by atoms with Crippen LogP contribution in [-0.2, 0) is 19.8 Å². The van der Waals surface area contributed by atoms with E-state index in [9.17, 15) is 9.36 Å². The molecule has 1 N–H and O–H groups in total. The largest absolute Gasteiger partial charge is 0.349 e. The Morgan fingerprint density at radius 2 is 1.87 bits per heavy atom. The van der Waals surface area contributed by atoms with E-state index in [1.54, 1.807) is 19.9 Å². The number of rotatable bonds is 8. The fourth-order valence-electron chi connectivity index (χ4n) is 2.80. The molecule has 2 rings (SSSR count). The molecule has 1 heterocycles. The number of amides is 1. The van der Waals surface area contributed by atoms with Crippen LogP contribution >= 0.6 is 18.9 Å². The van der Waals surface area contributed by atoms with Gasteiger partial charge in [0, 0.05) is 10.9 Å². The summed E-state index contributed by atoms with van der Waals surface area (Å²) in [6, 6.07) is 3.92. The van der Waals surface area contributed by atoms with Crippen molar-refractivity contribution in [2.45, 2.75) is 58.2 Å². The monoisotopic (exact) mass is 359 g/mol. The van der Waals surface area contributed by atoms with E-state index in [-0.39, 0.29) is 12.1 Å². The minimum absolute atomic E-state index is 0.0317. The maximum absolute atomic E-state index is 12.5. The highest BCUT2D eigenvalue weighted by Crippen LogP contribution is 2.52. The third-order valence-corrected chi connectivity index (χ3v) is 7.16. The van der Waals surface area contributed by atoms with Crippen molar-refractivity contribution in [1.29, 1.82) is 0 Å². The molecule has 1 aliphatic carbocycles. The summed E-state index contributed by atoms with van der Waals surface area (Å²) in [4.78, 5) is 13.8. The van der Waals surface area contributed by atoms with Gasteiger partial charge in [0.2, 0.25) is 0 Å². The van der Waals surface area contributed by atoms with Crippen LogP contribution in [0.25, 0.3) is 0 Å². The summed E-state index contributed by atoms with van der Waals surface area (Å²) in [7, 11) is -3.11. The van der Waals surface area contributed by atoms with Crippen molar-refractivity contribution < 1.29 is 18.4 Å². The minimum atomic E-state index is -3.11. The van der Waals surface area contributed by atoms with E-state index in [1.807, 2.05) is 6.07 Å². The van der Waals surface area contributed by atoms with Crippen LogP contribution in [0.2, 0.25) is 0 Å². The molecule has 23 heavy (non-hydrogen) atoms. The highest BCUT2D eigenvalue weighted by atomic mass is 32.1. The maximum Gasteiger partial charge on any atom is 0.335 e. The Morgan fingerprint density at radius 3 is 2.48 bits per heavy atom. The number of hydrogen-bond donors (Lipinski definition) is 1. The second kappa shape index (κ2) is 8.97. The van der Waals surface area contributed by atoms with Crippen LogP contribution in [0.1, 0.15) is 60.5 Å². The van der Waals surface area contributed by atoms with E-state index >= 15 is 0 Å². The molecule has 1 aromatic rings. The van der Waals surface area contributed by atoms with E-state index in [1.165, 1.54) is 30.6 Å². The number of thiophene rings is 1. The Balaban J connectivity index is 1.96. The molecule has 0 aromatic carbocycles. The molecule has 0 saturated heterocycles. The van der Waals surface area contributed by atoms with Gasteiger partial charge < -0.3 is 14.4 Å². The highest BCUT2D eigenvalue weighted by molar-refractivity contribution is 7.53. The van der Waals surface area contributed by atoms with E-state index in [4.69, 9.17) is 9.05 Å². The highest BCUT2D eigenvalue weighted by Gasteiger charge is 2.26. The standard InChI is InChI=1S/C16H26NO4PS/c1-3-20-22(19,21-4-2)12-14-10-11-15(23-14)16(18)17-13-8-6-5-7-9-13/h10-11,13H,3-9,12H2,1-2H3,(H,17,18). The van der Waals surface area contributed by atoms with E-state index in [2.05, 4.69) is 5.32 Å². The third kappa shape index (κ3) is 5.71. The van der Waals surface area contributed by atoms with Gasteiger partial charge in [0.15, 0.2) is 0 Å². The molecule has 1 amide bonds. The molecule has 5 nitrogen and oxygen atoms in total. The number of carbonyl (C=O) groups excluding carboxylic acids is 1. The third-order valence-electron chi connectivity index (χ3n) is 3.83. The average Bonchev–Trinajstić information content (AvgIpc) is 2.97. The van der Waals surface area contributed by atoms with Gasteiger partial charge in [-0.3, -0.25) is 9.36 Å². The molecular weight excluding hydrogens is 333 g/mol. The molecule has 0 atom stereocenters. The first-order valence-corrected chi connectivity index (χ1v) is 10.9. The summed E-state index contributed by atoms with van der Waals surface area (Å²) in [5, 5.41) is 3.10. The molecule has 0 bridgehead atoms. The Hall–Kier alpha value is -0.680. The zero-order valence-corrected chi connectivity index (χ0v) is 15.6. The molecular formula is C16H26NO4PS. The van der Waals surface area contributed by atoms with Gasteiger partial charge in [-0.05, 0) is 38.8 Å². The smallest absolute Gasteiger partial charge is 0.335 e. The molecule has 0 radical (unpaired) electrons. The van der Waals surface area contributed by atoms with Crippen LogP contribution in [0.5, 0.6) is 0 Å². The van der Waals surface area contributed by atoms with Crippen molar-refractivity contribution in [3.05, 3.63) is 21.9 Å². The van der Waals surface area contributed by atoms with Crippen molar-refractivity contribution in [2.75, 3.05) is 13.2 Å². The fraction of sp³-hybridized carbons (Fsp3) is 0.688. The van der Waals surface area contributed by atoms with Gasteiger partial charge in [-0.2, -0.15) is 0 Å². The second-order valence-corrected chi connectivity index (χ2v) is 8.90. The fourth-order valence-corrected chi connectivity index (χ4v) is 5.77. The molecule has 0 aliphatic heterocycles. The topological polar surface area (TPSA) is 64.6 Å². The summed E-state index contributed by atoms with van der Waals surface area (Å²) in [5.74, 6) is -0.0317. The Labute approximate surface area is 142 Å². The number of carbonyl (C=O) groups is 1. The quantitative estimate of drug-likeness (QED) is 0.690. The summed E-state index contributed by atoms with van der Waals surface area (Å²) < 4.78 is 23.1. The number of hydrogen-bond acceptors (Lipinski definition) is 5. The van der Waals surface area contributed by atoms with Crippen LogP contribution in [-0.4, -0.2) is 25.2 Å². The summed E-state index contributed by atoms with van der Waals surface area (Å²) in [6.07, 6.45) is 5.98. The summed E-state index contributed by atoms with van der Waals surface area (Å²) in [5.41, 5.74) is 0. The van der Waals surface area contributed by atoms with Crippen molar-refractivity contribution in [3.8, 4) is 0 Å². The Kier molecular flexibility index (Phi) is 7.28. The Bertz CT molecular complexity index is 544. The van der Waals surface area contributed by atoms with E-state index in [0.29, 0.717) is 24.1 Å². The lowest BCUT2D eigenvalue weighted by Gasteiger charge is -2.22. The van der Waals surface area contributed by atoms with Crippen LogP contribution in [0.4, 0.5) is 0 Å². The van der Waals surface area contributed by atoms with Crippen molar-refractivity contribution in [1.82, 2.24) is 5.32 Å². The van der Waals surface area contributed by atoms with Gasteiger partial charge in [-0.15, -0.1) is 11.3 Å². The molecule has 0 unspecified atom stereocenters. The van der Waals surface area contributed by atoms with Crippen LogP contribution in [0.15, 0.2) is 12.1 Å². The SMILES string of the molecule is CCOP(=O)(Cc1ccc(C(=O)NC2CCCCC2)s1)OCC. The predicted molar refractivity (Wildman–Crippen MR) is 93.2 cm³/mol. The van der Waals surface area contributed by atoms with Crippen molar-refractivity contribution in [2.24, 2.45) is 0 Å². The zero-order chi connectivity index (χ0) is 16.7. The van der Waals surface area contributed by atoms with Crippen LogP contribution < -0.4 is 5.32 Å². The molecule has 1 saturated carbocycles. The average molecular weight is 359 g/mol. The molecule has 130 valence electrons. The lowest BCUT2D eigenvalue weighted by molar-refractivity contribution is 0.0932. The number of nitrogens with one attached hydrogen (secondary N) is 1. The summed E-state index contributed by atoms with van der Waals surface area (Å²) in [6.45, 7) is 4.28. The van der Waals surface area contributed by atoms with E-state index in [0.717, 1.165) is 17.7 Å². The molecule has 7 heteroatoms. The normalized spacial score (nSPS) is 16.4. The lowest BCUT2D eigenvalue weighted by atomic mass is 9.95. The second-order valence-electron chi connectivity index (χ2n) is 5.68. The predicted octanol–water partition coefficient (Wildman–Crippen LogP) is 4.58. The van der Waals surface area contributed by atoms with Crippen LogP contribution in [0.3, 0.4) is 0 Å². The Morgan fingerprint density at radius 1 is 1.22 bits per heavy atom. The van der Waals surface area contributed by atoms with Crippen molar-refractivity contribution in [3.63, 3.8) is 0 Å². The first-order valence-electron chi connectivity index (χ1n) is 8.34. The van der Waals surface area contributed by atoms with E-state index < -0.39 is 7.60 Å². The zero-order valence-electron chi connectivity index (χ0n) is 13.9. The van der Waals surface area contributed by atoms with Crippen LogP contribution in [0, 0.1) is 0 Å². The van der Waals surface area contributed by atoms with Gasteiger partial charge in [-0.25, -0.2) is 0 Å². The summed E-state index contributed by atoms with van der Waals surface area (Å²) >= 11 is 1.36. The maximum atomic E-state index is 12.5. The molecule has 1 aliphatic rings. The lowest BCUT2D eigenvalue weighted by Crippen LogP contribution is -2.35. The van der Waals surface area contributed by atoms with Gasteiger partial charge in [0.1, 0.15) is 0 Å². The van der Waals surface area contributed by atoms with Gasteiger partial charge in [0.05, 0.1) is 24.3 Å². The van der Waals surface area contributed by atoms with Crippen molar-refractivity contribution >= 4 is 24.8 Å². The molecule has 0 spiro atoms. The minimum Gasteiger partial charge on any atom is -0.349 e.